The monoisotopic (exact) mass is 388 g/mol. The highest BCUT2D eigenvalue weighted by Crippen LogP contribution is 2.52. The van der Waals surface area contributed by atoms with E-state index in [9.17, 15) is 5.11 Å². The van der Waals surface area contributed by atoms with E-state index in [1.54, 1.807) is 7.11 Å². The minimum atomic E-state index is -0.428. The van der Waals surface area contributed by atoms with E-state index >= 15 is 0 Å². The van der Waals surface area contributed by atoms with Gasteiger partial charge < -0.3 is 15.2 Å². The minimum Gasteiger partial charge on any atom is -0.497 e. The predicted octanol–water partition coefficient (Wildman–Crippen LogP) is 4.59. The molecule has 4 nitrogen and oxygen atoms in total. The van der Waals surface area contributed by atoms with E-state index in [2.05, 4.69) is 44.0 Å². The normalized spacial score (nSPS) is 27.2. The molecule has 0 fully saturated rings. The molecule has 1 aromatic carbocycles. The zero-order chi connectivity index (χ0) is 20.6. The quantitative estimate of drug-likeness (QED) is 0.586. The van der Waals surface area contributed by atoms with Crippen LogP contribution < -0.4 is 10.1 Å². The average Bonchev–Trinajstić information content (AvgIpc) is 2.71. The smallest absolute Gasteiger partial charge is 0.119 e. The van der Waals surface area contributed by atoms with Gasteiger partial charge in [-0.15, -0.1) is 0 Å². The van der Waals surface area contributed by atoms with Crippen LogP contribution in [0.1, 0.15) is 37.8 Å². The van der Waals surface area contributed by atoms with Gasteiger partial charge >= 0.3 is 0 Å². The molecule has 29 heavy (non-hydrogen) atoms. The van der Waals surface area contributed by atoms with Crippen molar-refractivity contribution in [3.63, 3.8) is 0 Å². The van der Waals surface area contributed by atoms with E-state index in [0.29, 0.717) is 5.92 Å². The summed E-state index contributed by atoms with van der Waals surface area (Å²) < 4.78 is 5.29. The van der Waals surface area contributed by atoms with Crippen molar-refractivity contribution in [2.24, 2.45) is 10.9 Å². The molecule has 2 aliphatic carbocycles. The first-order valence-electron chi connectivity index (χ1n) is 10.1. The largest absolute Gasteiger partial charge is 0.497 e. The lowest BCUT2D eigenvalue weighted by molar-refractivity contribution is 0.281. The van der Waals surface area contributed by atoms with Gasteiger partial charge in [0.05, 0.1) is 13.7 Å². The summed E-state index contributed by atoms with van der Waals surface area (Å²) in [6.07, 6.45) is 12.5. The highest BCUT2D eigenvalue weighted by molar-refractivity contribution is 5.83. The molecule has 4 rings (SSSR count). The third-order valence-corrected chi connectivity index (χ3v) is 6.11. The van der Waals surface area contributed by atoms with Crippen molar-refractivity contribution < 1.29 is 9.84 Å². The van der Waals surface area contributed by atoms with Crippen LogP contribution in [0.4, 0.5) is 0 Å². The number of aliphatic hydroxyl groups excluding tert-OH is 1. The molecule has 2 bridgehead atoms. The van der Waals surface area contributed by atoms with E-state index in [1.807, 2.05) is 30.5 Å². The Hall–Kier alpha value is -2.85. The second-order valence-electron chi connectivity index (χ2n) is 7.96. The van der Waals surface area contributed by atoms with Gasteiger partial charge in [-0.05, 0) is 61.2 Å². The van der Waals surface area contributed by atoms with Gasteiger partial charge in [-0.25, -0.2) is 0 Å². The predicted molar refractivity (Wildman–Crippen MR) is 118 cm³/mol. The summed E-state index contributed by atoms with van der Waals surface area (Å²) in [5.74, 6) is 1.07. The second-order valence-corrected chi connectivity index (χ2v) is 7.96. The fraction of sp³-hybridized carbons (Fsp3) is 0.320. The zero-order valence-electron chi connectivity index (χ0n) is 17.3. The highest BCUT2D eigenvalue weighted by atomic mass is 16.5. The number of nitrogens with zero attached hydrogens (tertiary/aromatic N) is 1. The molecule has 0 radical (unpaired) electrons. The summed E-state index contributed by atoms with van der Waals surface area (Å²) in [7, 11) is 1.63. The van der Waals surface area contributed by atoms with Crippen LogP contribution in [0.25, 0.3) is 0 Å². The molecule has 1 aromatic rings. The van der Waals surface area contributed by atoms with Gasteiger partial charge in [0.25, 0.3) is 0 Å². The molecule has 0 saturated carbocycles. The number of hydrogen-bond donors (Lipinski definition) is 2. The van der Waals surface area contributed by atoms with Crippen LogP contribution in [0, 0.1) is 5.92 Å². The lowest BCUT2D eigenvalue weighted by atomic mass is 9.62. The number of hydrogen-bond acceptors (Lipinski definition) is 4. The van der Waals surface area contributed by atoms with E-state index in [-0.39, 0.29) is 6.61 Å². The van der Waals surface area contributed by atoms with Gasteiger partial charge in [-0.3, -0.25) is 4.99 Å². The highest BCUT2D eigenvalue weighted by Gasteiger charge is 2.47. The molecule has 1 heterocycles. The van der Waals surface area contributed by atoms with Gasteiger partial charge in [-0.1, -0.05) is 30.4 Å². The molecule has 4 heteroatoms. The molecular formula is C25H28N2O2. The summed E-state index contributed by atoms with van der Waals surface area (Å²) >= 11 is 0. The lowest BCUT2D eigenvalue weighted by Gasteiger charge is -2.47. The van der Waals surface area contributed by atoms with Crippen molar-refractivity contribution in [3.8, 4) is 5.75 Å². The van der Waals surface area contributed by atoms with Gasteiger partial charge in [0, 0.05) is 35.5 Å². The summed E-state index contributed by atoms with van der Waals surface area (Å²) in [5.41, 5.74) is 7.35. The van der Waals surface area contributed by atoms with Crippen LogP contribution in [0.2, 0.25) is 0 Å². The standard InChI is InChI=1S/C25H28N2O2/c1-5-22-19-10-16(2)13-25(22,23-9-6-17(3)27-24(23)12-19)26-14-18-7-8-21(29-4)11-20(18)15-28/h5-11,14,19,27-28H,3,12-13,15H2,1-2,4H3/b22-5+,26-14+. The van der Waals surface area contributed by atoms with E-state index < -0.39 is 5.54 Å². The summed E-state index contributed by atoms with van der Waals surface area (Å²) in [4.78, 5) is 5.22. The number of rotatable bonds is 4. The Morgan fingerprint density at radius 3 is 2.93 bits per heavy atom. The number of ether oxygens (including phenoxy) is 1. The van der Waals surface area contributed by atoms with Crippen LogP contribution in [-0.2, 0) is 6.61 Å². The van der Waals surface area contributed by atoms with Crippen molar-refractivity contribution >= 4 is 6.21 Å². The third-order valence-electron chi connectivity index (χ3n) is 6.11. The first kappa shape index (κ1) is 19.5. The van der Waals surface area contributed by atoms with Crippen LogP contribution in [0.3, 0.4) is 0 Å². The minimum absolute atomic E-state index is 0.0567. The van der Waals surface area contributed by atoms with Crippen LogP contribution in [0.5, 0.6) is 5.75 Å². The van der Waals surface area contributed by atoms with Crippen molar-refractivity contribution in [3.05, 3.63) is 88.3 Å². The molecule has 2 unspecified atom stereocenters. The molecule has 2 atom stereocenters. The molecule has 0 saturated heterocycles. The Kier molecular flexibility index (Phi) is 5.05. The van der Waals surface area contributed by atoms with E-state index in [1.165, 1.54) is 22.4 Å². The number of allylic oxidation sites excluding steroid dienone is 4. The summed E-state index contributed by atoms with van der Waals surface area (Å²) in [6, 6.07) is 5.72. The number of fused-ring (bicyclic) bond motifs is 3. The molecule has 2 N–H and O–H groups in total. The average molecular weight is 389 g/mol. The number of nitrogens with one attached hydrogen (secondary N) is 1. The van der Waals surface area contributed by atoms with Crippen molar-refractivity contribution in [1.29, 1.82) is 0 Å². The van der Waals surface area contributed by atoms with Crippen LogP contribution in [0.15, 0.2) is 82.2 Å². The van der Waals surface area contributed by atoms with Crippen molar-refractivity contribution in [2.75, 3.05) is 7.11 Å². The fourth-order valence-corrected chi connectivity index (χ4v) is 4.87. The Morgan fingerprint density at radius 1 is 1.38 bits per heavy atom. The number of benzene rings is 1. The zero-order valence-corrected chi connectivity index (χ0v) is 17.3. The van der Waals surface area contributed by atoms with E-state index in [4.69, 9.17) is 9.73 Å². The molecule has 3 aliphatic rings. The lowest BCUT2D eigenvalue weighted by Crippen LogP contribution is -2.44. The fourth-order valence-electron chi connectivity index (χ4n) is 4.87. The molecule has 0 spiro atoms. The Morgan fingerprint density at radius 2 is 2.21 bits per heavy atom. The number of dihydropyridines is 1. The summed E-state index contributed by atoms with van der Waals surface area (Å²) in [5, 5.41) is 13.3. The van der Waals surface area contributed by atoms with E-state index in [0.717, 1.165) is 35.4 Å². The maximum atomic E-state index is 9.83. The first-order valence-corrected chi connectivity index (χ1v) is 10.1. The molecule has 1 aliphatic heterocycles. The third kappa shape index (κ3) is 3.28. The van der Waals surface area contributed by atoms with Crippen LogP contribution >= 0.6 is 0 Å². The molecule has 150 valence electrons. The van der Waals surface area contributed by atoms with Crippen LogP contribution in [-0.4, -0.2) is 24.0 Å². The van der Waals surface area contributed by atoms with Crippen molar-refractivity contribution in [2.45, 2.75) is 38.8 Å². The van der Waals surface area contributed by atoms with Gasteiger partial charge in [0.15, 0.2) is 0 Å². The first-order chi connectivity index (χ1) is 14.0. The van der Waals surface area contributed by atoms with Gasteiger partial charge in [0.2, 0.25) is 0 Å². The Labute approximate surface area is 172 Å². The molecule has 0 amide bonds. The van der Waals surface area contributed by atoms with Gasteiger partial charge in [0.1, 0.15) is 11.3 Å². The topological polar surface area (TPSA) is 53.9 Å². The SMILES string of the molecule is C=C1C=CC2=C(CC3C=C(C)CC2(/N=C/c2ccc(OC)cc2CO)/C3=C/C)N1. The Balaban J connectivity index is 1.85. The molecule has 0 aromatic heterocycles. The maximum absolute atomic E-state index is 9.83. The Bertz CT molecular complexity index is 1010. The number of aliphatic imine (C=N–C) groups is 1. The van der Waals surface area contributed by atoms with Crippen molar-refractivity contribution in [1.82, 2.24) is 5.32 Å². The second kappa shape index (κ2) is 7.53. The number of aliphatic hydroxyl groups is 1. The number of methoxy groups -OCH3 is 1. The molecular weight excluding hydrogens is 360 g/mol. The maximum Gasteiger partial charge on any atom is 0.119 e. The summed E-state index contributed by atoms with van der Waals surface area (Å²) in [6.45, 7) is 8.32. The van der Waals surface area contributed by atoms with Gasteiger partial charge in [-0.2, -0.15) is 0 Å².